The van der Waals surface area contributed by atoms with Crippen LogP contribution in [0, 0.1) is 0 Å². The number of hydrogen-bond donors (Lipinski definition) is 0. The highest BCUT2D eigenvalue weighted by molar-refractivity contribution is 5.95. The molecule has 0 radical (unpaired) electrons. The quantitative estimate of drug-likeness (QED) is 0.464. The van der Waals surface area contributed by atoms with Crippen LogP contribution in [-0.4, -0.2) is 60.6 Å². The molecule has 1 aromatic carbocycles. The number of unbranched alkanes of at least 4 members (excludes halogenated alkanes) is 1. The van der Waals surface area contributed by atoms with Gasteiger partial charge in [0.05, 0.1) is 6.61 Å². The third kappa shape index (κ3) is 5.48. The zero-order valence-corrected chi connectivity index (χ0v) is 14.7. The number of piperazine rings is 1. The molecule has 2 amide bonds. The maximum absolute atomic E-state index is 12.6. The fraction of sp³-hybridized carbons (Fsp3) is 0.500. The van der Waals surface area contributed by atoms with Crippen LogP contribution in [0.3, 0.4) is 0 Å². The van der Waals surface area contributed by atoms with E-state index in [0.29, 0.717) is 44.1 Å². The fourth-order valence-electron chi connectivity index (χ4n) is 2.53. The monoisotopic (exact) mass is 348 g/mol. The van der Waals surface area contributed by atoms with Crippen molar-refractivity contribution in [1.29, 1.82) is 0 Å². The minimum atomic E-state index is -0.431. The van der Waals surface area contributed by atoms with E-state index in [1.807, 2.05) is 6.92 Å². The van der Waals surface area contributed by atoms with Crippen molar-refractivity contribution in [3.8, 4) is 5.75 Å². The minimum Gasteiger partial charge on any atom is -0.449 e. The molecule has 0 aliphatic carbocycles. The largest absolute Gasteiger partial charge is 0.449 e. The van der Waals surface area contributed by atoms with E-state index >= 15 is 0 Å². The van der Waals surface area contributed by atoms with E-state index in [0.717, 1.165) is 12.8 Å². The van der Waals surface area contributed by atoms with Gasteiger partial charge >= 0.3 is 12.1 Å². The second kappa shape index (κ2) is 9.05. The molecule has 0 atom stereocenters. The molecule has 1 aliphatic heterocycles. The summed E-state index contributed by atoms with van der Waals surface area (Å²) in [6.45, 7) is 5.55. The molecule has 0 spiro atoms. The second-order valence-electron chi connectivity index (χ2n) is 5.87. The van der Waals surface area contributed by atoms with Gasteiger partial charge in [-0.05, 0) is 24.6 Å². The average molecular weight is 348 g/mol. The van der Waals surface area contributed by atoms with Crippen molar-refractivity contribution < 1.29 is 23.9 Å². The topological polar surface area (TPSA) is 76.2 Å². The van der Waals surface area contributed by atoms with Gasteiger partial charge < -0.3 is 19.3 Å². The summed E-state index contributed by atoms with van der Waals surface area (Å²) in [6.07, 6.45) is 1.50. The van der Waals surface area contributed by atoms with Crippen molar-refractivity contribution in [1.82, 2.24) is 9.80 Å². The van der Waals surface area contributed by atoms with E-state index in [-0.39, 0.29) is 12.0 Å². The van der Waals surface area contributed by atoms with Gasteiger partial charge in [-0.25, -0.2) is 4.79 Å². The molecule has 1 heterocycles. The molecule has 7 heteroatoms. The molecule has 0 bridgehead atoms. The third-order valence-corrected chi connectivity index (χ3v) is 3.89. The molecule has 136 valence electrons. The maximum Gasteiger partial charge on any atom is 0.409 e. The molecule has 25 heavy (non-hydrogen) atoms. The van der Waals surface area contributed by atoms with Gasteiger partial charge in [0.25, 0.3) is 5.91 Å². The van der Waals surface area contributed by atoms with E-state index < -0.39 is 5.97 Å². The Morgan fingerprint density at radius 2 is 1.76 bits per heavy atom. The number of carbonyl (C=O) groups excluding carboxylic acids is 3. The molecule has 0 N–H and O–H groups in total. The van der Waals surface area contributed by atoms with Crippen LogP contribution in [0.25, 0.3) is 0 Å². The first kappa shape index (κ1) is 18.8. The molecule has 1 fully saturated rings. The number of rotatable bonds is 5. The molecular weight excluding hydrogens is 324 g/mol. The second-order valence-corrected chi connectivity index (χ2v) is 5.87. The first-order valence-corrected chi connectivity index (χ1v) is 8.50. The van der Waals surface area contributed by atoms with E-state index in [4.69, 9.17) is 9.47 Å². The molecule has 0 unspecified atom stereocenters. The van der Waals surface area contributed by atoms with Crippen LogP contribution in [-0.2, 0) is 9.53 Å². The van der Waals surface area contributed by atoms with Crippen LogP contribution in [0.5, 0.6) is 5.75 Å². The predicted octanol–water partition coefficient (Wildman–Crippen LogP) is 2.31. The average Bonchev–Trinajstić information content (AvgIpc) is 2.61. The summed E-state index contributed by atoms with van der Waals surface area (Å²) in [5, 5.41) is 0. The lowest BCUT2D eigenvalue weighted by atomic mass is 10.1. The molecule has 0 aromatic heterocycles. The molecule has 1 saturated heterocycles. The molecule has 1 aromatic rings. The molecular formula is C18H24N2O5. The van der Waals surface area contributed by atoms with E-state index in [2.05, 4.69) is 0 Å². The summed E-state index contributed by atoms with van der Waals surface area (Å²) >= 11 is 0. The summed E-state index contributed by atoms with van der Waals surface area (Å²) in [5.74, 6) is -0.232. The number of amides is 2. The zero-order valence-electron chi connectivity index (χ0n) is 14.7. The van der Waals surface area contributed by atoms with Crippen molar-refractivity contribution in [3.63, 3.8) is 0 Å². The summed E-state index contributed by atoms with van der Waals surface area (Å²) in [6, 6.07) is 6.53. The standard InChI is InChI=1S/C18H24N2O5/c1-3-4-12-24-18(23)20-10-8-19(9-11-20)17(22)15-6-5-7-16(13-15)25-14(2)21/h5-7,13H,3-4,8-12H2,1-2H3. The molecule has 7 nitrogen and oxygen atoms in total. The Hall–Kier alpha value is -2.57. The van der Waals surface area contributed by atoms with Gasteiger partial charge in [-0.1, -0.05) is 19.4 Å². The summed E-state index contributed by atoms with van der Waals surface area (Å²) in [7, 11) is 0. The Labute approximate surface area is 147 Å². The number of benzene rings is 1. The Bertz CT molecular complexity index is 624. The highest BCUT2D eigenvalue weighted by Crippen LogP contribution is 2.16. The van der Waals surface area contributed by atoms with Crippen LogP contribution >= 0.6 is 0 Å². The summed E-state index contributed by atoms with van der Waals surface area (Å²) in [5.41, 5.74) is 0.456. The number of esters is 1. The van der Waals surface area contributed by atoms with Gasteiger partial charge in [0.2, 0.25) is 0 Å². The molecule has 0 saturated carbocycles. The van der Waals surface area contributed by atoms with Gasteiger partial charge in [0.1, 0.15) is 5.75 Å². The van der Waals surface area contributed by atoms with Crippen LogP contribution in [0.1, 0.15) is 37.0 Å². The van der Waals surface area contributed by atoms with Crippen molar-refractivity contribution >= 4 is 18.0 Å². The highest BCUT2D eigenvalue weighted by Gasteiger charge is 2.25. The van der Waals surface area contributed by atoms with Crippen LogP contribution < -0.4 is 4.74 Å². The normalized spacial score (nSPS) is 14.2. The Kier molecular flexibility index (Phi) is 6.80. The van der Waals surface area contributed by atoms with E-state index in [1.165, 1.54) is 6.92 Å². The number of ether oxygens (including phenoxy) is 2. The number of hydrogen-bond acceptors (Lipinski definition) is 5. The van der Waals surface area contributed by atoms with E-state index in [1.54, 1.807) is 34.1 Å². The third-order valence-electron chi connectivity index (χ3n) is 3.89. The van der Waals surface area contributed by atoms with Gasteiger partial charge in [-0.15, -0.1) is 0 Å². The number of nitrogens with zero attached hydrogens (tertiary/aromatic N) is 2. The van der Waals surface area contributed by atoms with Gasteiger partial charge in [0, 0.05) is 38.7 Å². The van der Waals surface area contributed by atoms with Crippen molar-refractivity contribution in [2.75, 3.05) is 32.8 Å². The van der Waals surface area contributed by atoms with Crippen molar-refractivity contribution in [3.05, 3.63) is 29.8 Å². The van der Waals surface area contributed by atoms with Crippen molar-refractivity contribution in [2.45, 2.75) is 26.7 Å². The van der Waals surface area contributed by atoms with E-state index in [9.17, 15) is 14.4 Å². The first-order valence-electron chi connectivity index (χ1n) is 8.50. The fourth-order valence-corrected chi connectivity index (χ4v) is 2.53. The van der Waals surface area contributed by atoms with Crippen LogP contribution in [0.4, 0.5) is 4.79 Å². The smallest absolute Gasteiger partial charge is 0.409 e. The summed E-state index contributed by atoms with van der Waals surface area (Å²) < 4.78 is 10.2. The highest BCUT2D eigenvalue weighted by atomic mass is 16.6. The lowest BCUT2D eigenvalue weighted by Crippen LogP contribution is -2.50. The van der Waals surface area contributed by atoms with Crippen LogP contribution in [0.2, 0.25) is 0 Å². The number of carbonyl (C=O) groups is 3. The van der Waals surface area contributed by atoms with Crippen LogP contribution in [0.15, 0.2) is 24.3 Å². The summed E-state index contributed by atoms with van der Waals surface area (Å²) in [4.78, 5) is 38.8. The first-order chi connectivity index (χ1) is 12.0. The predicted molar refractivity (Wildman–Crippen MR) is 91.5 cm³/mol. The zero-order chi connectivity index (χ0) is 18.2. The Morgan fingerprint density at radius 3 is 2.40 bits per heavy atom. The van der Waals surface area contributed by atoms with Gasteiger partial charge in [-0.2, -0.15) is 0 Å². The van der Waals surface area contributed by atoms with Crippen molar-refractivity contribution in [2.24, 2.45) is 0 Å². The Balaban J connectivity index is 1.88. The maximum atomic E-state index is 12.6. The minimum absolute atomic E-state index is 0.145. The lowest BCUT2D eigenvalue weighted by molar-refractivity contribution is -0.131. The SMILES string of the molecule is CCCCOC(=O)N1CCN(C(=O)c2cccc(OC(C)=O)c2)CC1. The Morgan fingerprint density at radius 1 is 1.08 bits per heavy atom. The molecule has 1 aliphatic rings. The van der Waals surface area contributed by atoms with Gasteiger partial charge in [-0.3, -0.25) is 9.59 Å². The van der Waals surface area contributed by atoms with Gasteiger partial charge in [0.15, 0.2) is 0 Å². The molecule has 2 rings (SSSR count). The lowest BCUT2D eigenvalue weighted by Gasteiger charge is -2.34.